The minimum Gasteiger partial charge on any atom is -0.354 e. The molecule has 0 radical (unpaired) electrons. The number of unbranched alkanes of at least 4 members (excludes halogenated alkanes) is 3. The van der Waals surface area contributed by atoms with Crippen molar-refractivity contribution in [1.82, 2.24) is 4.98 Å². The SMILES string of the molecule is CCCCCCc1c(-c2ccc(C)cc2)[nH]c2ccccc12. The normalized spacial score (nSPS) is 11.2. The first-order chi connectivity index (χ1) is 10.8. The highest BCUT2D eigenvalue weighted by atomic mass is 14.7. The topological polar surface area (TPSA) is 15.8 Å². The predicted octanol–water partition coefficient (Wildman–Crippen LogP) is 6.27. The monoisotopic (exact) mass is 291 g/mol. The zero-order valence-corrected chi connectivity index (χ0v) is 13.7. The summed E-state index contributed by atoms with van der Waals surface area (Å²) >= 11 is 0. The van der Waals surface area contributed by atoms with Crippen LogP contribution in [0.3, 0.4) is 0 Å². The zero-order valence-electron chi connectivity index (χ0n) is 13.7. The van der Waals surface area contributed by atoms with Crippen molar-refractivity contribution < 1.29 is 0 Å². The van der Waals surface area contributed by atoms with E-state index in [0.717, 1.165) is 6.42 Å². The number of hydrogen-bond acceptors (Lipinski definition) is 0. The first-order valence-electron chi connectivity index (χ1n) is 8.46. The Morgan fingerprint density at radius 1 is 0.864 bits per heavy atom. The molecule has 0 aliphatic rings. The van der Waals surface area contributed by atoms with E-state index in [4.69, 9.17) is 0 Å². The van der Waals surface area contributed by atoms with E-state index < -0.39 is 0 Å². The molecule has 0 amide bonds. The first kappa shape index (κ1) is 14.9. The number of benzene rings is 2. The number of rotatable bonds is 6. The zero-order chi connectivity index (χ0) is 15.4. The Morgan fingerprint density at radius 2 is 1.64 bits per heavy atom. The van der Waals surface area contributed by atoms with Crippen molar-refractivity contribution in [2.24, 2.45) is 0 Å². The van der Waals surface area contributed by atoms with Crippen LogP contribution in [-0.2, 0) is 6.42 Å². The van der Waals surface area contributed by atoms with Crippen LogP contribution in [0.1, 0.15) is 43.7 Å². The molecule has 0 fully saturated rings. The van der Waals surface area contributed by atoms with E-state index in [1.165, 1.54) is 59.0 Å². The van der Waals surface area contributed by atoms with E-state index >= 15 is 0 Å². The lowest BCUT2D eigenvalue weighted by Crippen LogP contribution is -1.89. The predicted molar refractivity (Wildman–Crippen MR) is 96.3 cm³/mol. The summed E-state index contributed by atoms with van der Waals surface area (Å²) in [5.41, 5.74) is 6.65. The van der Waals surface area contributed by atoms with Crippen molar-refractivity contribution in [3.63, 3.8) is 0 Å². The van der Waals surface area contributed by atoms with Crippen molar-refractivity contribution in [2.45, 2.75) is 46.0 Å². The minimum atomic E-state index is 1.16. The molecule has 0 saturated heterocycles. The number of fused-ring (bicyclic) bond motifs is 1. The van der Waals surface area contributed by atoms with Gasteiger partial charge in [-0.15, -0.1) is 0 Å². The number of para-hydroxylation sites is 1. The third-order valence-electron chi connectivity index (χ3n) is 4.43. The molecule has 0 spiro atoms. The van der Waals surface area contributed by atoms with Gasteiger partial charge in [0.25, 0.3) is 0 Å². The smallest absolute Gasteiger partial charge is 0.0497 e. The van der Waals surface area contributed by atoms with E-state index in [2.05, 4.69) is 67.4 Å². The van der Waals surface area contributed by atoms with Crippen LogP contribution in [0, 0.1) is 6.92 Å². The van der Waals surface area contributed by atoms with E-state index in [0.29, 0.717) is 0 Å². The number of nitrogens with one attached hydrogen (secondary N) is 1. The maximum Gasteiger partial charge on any atom is 0.0497 e. The summed E-state index contributed by atoms with van der Waals surface area (Å²) in [5, 5.41) is 1.38. The van der Waals surface area contributed by atoms with Gasteiger partial charge in [0.1, 0.15) is 0 Å². The van der Waals surface area contributed by atoms with Crippen LogP contribution in [0.5, 0.6) is 0 Å². The summed E-state index contributed by atoms with van der Waals surface area (Å²) < 4.78 is 0. The van der Waals surface area contributed by atoms with E-state index in [9.17, 15) is 0 Å². The van der Waals surface area contributed by atoms with Crippen molar-refractivity contribution in [3.8, 4) is 11.3 Å². The van der Waals surface area contributed by atoms with Gasteiger partial charge in [-0.3, -0.25) is 0 Å². The summed E-state index contributed by atoms with van der Waals surface area (Å²) in [6, 6.07) is 17.5. The fraction of sp³-hybridized carbons (Fsp3) is 0.333. The summed E-state index contributed by atoms with van der Waals surface area (Å²) in [6.07, 6.45) is 6.38. The Morgan fingerprint density at radius 3 is 2.41 bits per heavy atom. The molecule has 2 aromatic carbocycles. The molecule has 22 heavy (non-hydrogen) atoms. The fourth-order valence-corrected chi connectivity index (χ4v) is 3.15. The van der Waals surface area contributed by atoms with Gasteiger partial charge < -0.3 is 4.98 Å². The maximum absolute atomic E-state index is 3.64. The van der Waals surface area contributed by atoms with Gasteiger partial charge in [-0.05, 0) is 37.0 Å². The number of H-pyrrole nitrogens is 1. The minimum absolute atomic E-state index is 1.16. The summed E-state index contributed by atoms with van der Waals surface area (Å²) in [6.45, 7) is 4.41. The molecule has 0 unspecified atom stereocenters. The van der Waals surface area contributed by atoms with Crippen LogP contribution in [0.2, 0.25) is 0 Å². The molecule has 0 aliphatic heterocycles. The van der Waals surface area contributed by atoms with Crippen LogP contribution < -0.4 is 0 Å². The van der Waals surface area contributed by atoms with Gasteiger partial charge in [-0.25, -0.2) is 0 Å². The number of aromatic nitrogens is 1. The molecular weight excluding hydrogens is 266 g/mol. The molecule has 1 heteroatoms. The highest BCUT2D eigenvalue weighted by Gasteiger charge is 2.12. The molecule has 1 heterocycles. The number of aromatic amines is 1. The average Bonchev–Trinajstić information content (AvgIpc) is 2.91. The maximum atomic E-state index is 3.64. The molecule has 1 nitrogen and oxygen atoms in total. The highest BCUT2D eigenvalue weighted by Crippen LogP contribution is 2.31. The van der Waals surface area contributed by atoms with Crippen molar-refractivity contribution >= 4 is 10.9 Å². The first-order valence-corrected chi connectivity index (χ1v) is 8.46. The molecule has 1 aromatic heterocycles. The molecule has 0 atom stereocenters. The van der Waals surface area contributed by atoms with Crippen LogP contribution in [0.25, 0.3) is 22.2 Å². The lowest BCUT2D eigenvalue weighted by molar-refractivity contribution is 0.668. The number of hydrogen-bond donors (Lipinski definition) is 1. The molecule has 1 N–H and O–H groups in total. The summed E-state index contributed by atoms with van der Waals surface area (Å²) in [4.78, 5) is 3.64. The number of aryl methyl sites for hydroxylation is 2. The second-order valence-corrected chi connectivity index (χ2v) is 6.20. The fourth-order valence-electron chi connectivity index (χ4n) is 3.15. The Balaban J connectivity index is 1.98. The average molecular weight is 291 g/mol. The second-order valence-electron chi connectivity index (χ2n) is 6.20. The molecule has 3 rings (SSSR count). The summed E-state index contributed by atoms with van der Waals surface area (Å²) in [5.74, 6) is 0. The summed E-state index contributed by atoms with van der Waals surface area (Å²) in [7, 11) is 0. The molecule has 0 bridgehead atoms. The molecule has 114 valence electrons. The third-order valence-corrected chi connectivity index (χ3v) is 4.43. The molecule has 3 aromatic rings. The standard InChI is InChI=1S/C21H25N/c1-3-4-5-6-10-19-18-9-7-8-11-20(18)22-21(19)17-14-12-16(2)13-15-17/h7-9,11-15,22H,3-6,10H2,1-2H3. The molecule has 0 saturated carbocycles. The van der Waals surface area contributed by atoms with Gasteiger partial charge in [0.05, 0.1) is 0 Å². The van der Waals surface area contributed by atoms with Crippen molar-refractivity contribution in [1.29, 1.82) is 0 Å². The Kier molecular flexibility index (Phi) is 4.62. The van der Waals surface area contributed by atoms with Gasteiger partial charge in [0.2, 0.25) is 0 Å². The van der Waals surface area contributed by atoms with Gasteiger partial charge in [-0.1, -0.05) is 74.2 Å². The lowest BCUT2D eigenvalue weighted by atomic mass is 9.99. The van der Waals surface area contributed by atoms with Crippen LogP contribution in [-0.4, -0.2) is 4.98 Å². The van der Waals surface area contributed by atoms with E-state index in [1.54, 1.807) is 0 Å². The van der Waals surface area contributed by atoms with Gasteiger partial charge in [0.15, 0.2) is 0 Å². The highest BCUT2D eigenvalue weighted by molar-refractivity contribution is 5.90. The van der Waals surface area contributed by atoms with Crippen LogP contribution in [0.15, 0.2) is 48.5 Å². The molecular formula is C21H25N. The Bertz CT molecular complexity index is 734. The van der Waals surface area contributed by atoms with E-state index in [-0.39, 0.29) is 0 Å². The third kappa shape index (κ3) is 3.09. The molecule has 0 aliphatic carbocycles. The Hall–Kier alpha value is -2.02. The quantitative estimate of drug-likeness (QED) is 0.515. The Labute approximate surface area is 133 Å². The van der Waals surface area contributed by atoms with Crippen LogP contribution >= 0.6 is 0 Å². The van der Waals surface area contributed by atoms with Gasteiger partial charge in [-0.2, -0.15) is 0 Å². The lowest BCUT2D eigenvalue weighted by Gasteiger charge is -2.06. The second kappa shape index (κ2) is 6.83. The van der Waals surface area contributed by atoms with Crippen molar-refractivity contribution in [2.75, 3.05) is 0 Å². The van der Waals surface area contributed by atoms with Gasteiger partial charge in [0, 0.05) is 16.6 Å². The van der Waals surface area contributed by atoms with E-state index in [1.807, 2.05) is 0 Å². The van der Waals surface area contributed by atoms with Gasteiger partial charge >= 0.3 is 0 Å². The van der Waals surface area contributed by atoms with Crippen LogP contribution in [0.4, 0.5) is 0 Å². The largest absolute Gasteiger partial charge is 0.354 e. The van der Waals surface area contributed by atoms with Crippen molar-refractivity contribution in [3.05, 3.63) is 59.7 Å².